The molecule has 0 radical (unpaired) electrons. The van der Waals surface area contributed by atoms with Crippen molar-refractivity contribution in [3.63, 3.8) is 0 Å². The predicted molar refractivity (Wildman–Crippen MR) is 106 cm³/mol. The third-order valence-electron chi connectivity index (χ3n) is 4.68. The van der Waals surface area contributed by atoms with E-state index in [0.717, 1.165) is 37.1 Å². The van der Waals surface area contributed by atoms with Gasteiger partial charge in [0.05, 0.1) is 6.61 Å². The molecule has 3 rings (SSSR count). The number of benzene rings is 1. The standard InChI is InChI=1S/C20H27N5O2/c1-4-27-20(26)25-11-9-24(10-12-25)19-13-18(22-16(3)23-19)21-14-17-8-6-5-7-15(17)2/h5-8,13H,4,9-12,14H2,1-3H3,(H,21,22,23). The van der Waals surface area contributed by atoms with Crippen LogP contribution in [0, 0.1) is 13.8 Å². The molecule has 0 atom stereocenters. The molecule has 27 heavy (non-hydrogen) atoms. The number of hydrogen-bond donors (Lipinski definition) is 1. The number of nitrogens with one attached hydrogen (secondary N) is 1. The van der Waals surface area contributed by atoms with E-state index in [0.29, 0.717) is 19.7 Å². The highest BCUT2D eigenvalue weighted by Gasteiger charge is 2.23. The van der Waals surface area contributed by atoms with E-state index in [2.05, 4.69) is 39.2 Å². The van der Waals surface area contributed by atoms with Crippen molar-refractivity contribution in [2.75, 3.05) is 43.0 Å². The maximum atomic E-state index is 11.8. The predicted octanol–water partition coefficient (Wildman–Crippen LogP) is 2.98. The van der Waals surface area contributed by atoms with Crippen LogP contribution in [0.25, 0.3) is 0 Å². The van der Waals surface area contributed by atoms with Gasteiger partial charge in [-0.3, -0.25) is 0 Å². The number of ether oxygens (including phenoxy) is 1. The summed E-state index contributed by atoms with van der Waals surface area (Å²) in [5, 5.41) is 3.40. The quantitative estimate of drug-likeness (QED) is 0.874. The number of carbonyl (C=O) groups is 1. The molecule has 0 aliphatic carbocycles. The van der Waals surface area contributed by atoms with Gasteiger partial charge in [0.2, 0.25) is 0 Å². The number of nitrogens with zero attached hydrogens (tertiary/aromatic N) is 4. The molecule has 0 saturated carbocycles. The maximum absolute atomic E-state index is 11.8. The Kier molecular flexibility index (Phi) is 6.11. The third-order valence-corrected chi connectivity index (χ3v) is 4.68. The number of carbonyl (C=O) groups excluding carboxylic acids is 1. The molecule has 7 nitrogen and oxygen atoms in total. The lowest BCUT2D eigenvalue weighted by Gasteiger charge is -2.34. The van der Waals surface area contributed by atoms with E-state index in [4.69, 9.17) is 4.74 Å². The lowest BCUT2D eigenvalue weighted by atomic mass is 10.1. The summed E-state index contributed by atoms with van der Waals surface area (Å²) in [6.45, 7) is 9.68. The smallest absolute Gasteiger partial charge is 0.409 e. The fraction of sp³-hybridized carbons (Fsp3) is 0.450. The lowest BCUT2D eigenvalue weighted by molar-refractivity contribution is 0.105. The van der Waals surface area contributed by atoms with Crippen molar-refractivity contribution >= 4 is 17.7 Å². The van der Waals surface area contributed by atoms with Gasteiger partial charge in [0, 0.05) is 38.8 Å². The minimum atomic E-state index is -0.239. The van der Waals surface area contributed by atoms with Crippen LogP contribution >= 0.6 is 0 Å². The van der Waals surface area contributed by atoms with Crippen LogP contribution in [0.2, 0.25) is 0 Å². The Morgan fingerprint density at radius 3 is 2.59 bits per heavy atom. The number of anilines is 2. The minimum Gasteiger partial charge on any atom is -0.450 e. The monoisotopic (exact) mass is 369 g/mol. The van der Waals surface area contributed by atoms with Crippen LogP contribution in [0.1, 0.15) is 23.9 Å². The van der Waals surface area contributed by atoms with Gasteiger partial charge in [0.1, 0.15) is 17.5 Å². The van der Waals surface area contributed by atoms with Gasteiger partial charge in [-0.2, -0.15) is 0 Å². The molecule has 2 aromatic rings. The van der Waals surface area contributed by atoms with E-state index in [9.17, 15) is 4.79 Å². The van der Waals surface area contributed by atoms with Crippen LogP contribution in [-0.4, -0.2) is 53.7 Å². The second-order valence-corrected chi connectivity index (χ2v) is 6.61. The third kappa shape index (κ3) is 4.87. The number of aryl methyl sites for hydroxylation is 2. The largest absolute Gasteiger partial charge is 0.450 e. The zero-order valence-electron chi connectivity index (χ0n) is 16.2. The van der Waals surface area contributed by atoms with Crippen LogP contribution in [0.5, 0.6) is 0 Å². The van der Waals surface area contributed by atoms with Crippen molar-refractivity contribution in [3.05, 3.63) is 47.3 Å². The van der Waals surface area contributed by atoms with Crippen molar-refractivity contribution < 1.29 is 9.53 Å². The Balaban J connectivity index is 1.64. The molecule has 0 unspecified atom stereocenters. The molecule has 1 aromatic heterocycles. The molecule has 144 valence electrons. The van der Waals surface area contributed by atoms with Crippen molar-refractivity contribution in [2.24, 2.45) is 0 Å². The first-order valence-corrected chi connectivity index (χ1v) is 9.37. The summed E-state index contributed by atoms with van der Waals surface area (Å²) < 4.78 is 5.08. The van der Waals surface area contributed by atoms with Crippen LogP contribution in [0.3, 0.4) is 0 Å². The van der Waals surface area contributed by atoms with Gasteiger partial charge < -0.3 is 19.9 Å². The summed E-state index contributed by atoms with van der Waals surface area (Å²) in [6.07, 6.45) is -0.239. The van der Waals surface area contributed by atoms with E-state index in [1.54, 1.807) is 4.90 Å². The lowest BCUT2D eigenvalue weighted by Crippen LogP contribution is -2.49. The van der Waals surface area contributed by atoms with Gasteiger partial charge in [0.25, 0.3) is 0 Å². The molecule has 0 spiro atoms. The number of hydrogen-bond acceptors (Lipinski definition) is 6. The van der Waals surface area contributed by atoms with E-state index in [-0.39, 0.29) is 6.09 Å². The number of piperazine rings is 1. The number of amides is 1. The van der Waals surface area contributed by atoms with Crippen LogP contribution in [0.4, 0.5) is 16.4 Å². The Labute approximate surface area is 160 Å². The summed E-state index contributed by atoms with van der Waals surface area (Å²) in [7, 11) is 0. The Hall–Kier alpha value is -2.83. The molecule has 1 fully saturated rings. The molecule has 0 bridgehead atoms. The first-order valence-electron chi connectivity index (χ1n) is 9.37. The summed E-state index contributed by atoms with van der Waals surface area (Å²) in [5.41, 5.74) is 2.50. The van der Waals surface area contributed by atoms with Crippen molar-refractivity contribution in [1.82, 2.24) is 14.9 Å². The van der Waals surface area contributed by atoms with E-state index < -0.39 is 0 Å². The topological polar surface area (TPSA) is 70.6 Å². The van der Waals surface area contributed by atoms with Crippen LogP contribution in [-0.2, 0) is 11.3 Å². The average Bonchev–Trinajstić information content (AvgIpc) is 2.67. The molecular formula is C20H27N5O2. The molecule has 1 aliphatic heterocycles. The first kappa shape index (κ1) is 18.9. The van der Waals surface area contributed by atoms with E-state index >= 15 is 0 Å². The summed E-state index contributed by atoms with van der Waals surface area (Å²) >= 11 is 0. The zero-order valence-corrected chi connectivity index (χ0v) is 16.2. The summed E-state index contributed by atoms with van der Waals surface area (Å²) in [4.78, 5) is 24.9. The van der Waals surface area contributed by atoms with Gasteiger partial charge in [-0.1, -0.05) is 24.3 Å². The number of aromatic nitrogens is 2. The van der Waals surface area contributed by atoms with Gasteiger partial charge in [0.15, 0.2) is 0 Å². The van der Waals surface area contributed by atoms with Crippen molar-refractivity contribution in [1.29, 1.82) is 0 Å². The van der Waals surface area contributed by atoms with Gasteiger partial charge in [-0.25, -0.2) is 14.8 Å². The van der Waals surface area contributed by atoms with Crippen molar-refractivity contribution in [2.45, 2.75) is 27.3 Å². The molecular weight excluding hydrogens is 342 g/mol. The maximum Gasteiger partial charge on any atom is 0.409 e. The highest BCUT2D eigenvalue weighted by Crippen LogP contribution is 2.19. The number of rotatable bonds is 5. The van der Waals surface area contributed by atoms with Gasteiger partial charge in [-0.15, -0.1) is 0 Å². The van der Waals surface area contributed by atoms with Gasteiger partial charge in [-0.05, 0) is 31.9 Å². The Morgan fingerprint density at radius 2 is 1.89 bits per heavy atom. The second-order valence-electron chi connectivity index (χ2n) is 6.61. The molecule has 1 saturated heterocycles. The van der Waals surface area contributed by atoms with E-state index in [1.165, 1.54) is 11.1 Å². The van der Waals surface area contributed by atoms with Crippen LogP contribution in [0.15, 0.2) is 30.3 Å². The second kappa shape index (κ2) is 8.70. The fourth-order valence-corrected chi connectivity index (χ4v) is 3.13. The Bertz CT molecular complexity index is 788. The first-order chi connectivity index (χ1) is 13.1. The van der Waals surface area contributed by atoms with Crippen LogP contribution < -0.4 is 10.2 Å². The SMILES string of the molecule is CCOC(=O)N1CCN(c2cc(NCc3ccccc3C)nc(C)n2)CC1. The summed E-state index contributed by atoms with van der Waals surface area (Å²) in [5.74, 6) is 2.43. The van der Waals surface area contributed by atoms with Crippen molar-refractivity contribution in [3.8, 4) is 0 Å². The Morgan fingerprint density at radius 1 is 1.15 bits per heavy atom. The van der Waals surface area contributed by atoms with Gasteiger partial charge >= 0.3 is 6.09 Å². The normalized spacial score (nSPS) is 14.2. The molecule has 1 N–H and O–H groups in total. The average molecular weight is 369 g/mol. The zero-order chi connectivity index (χ0) is 19.2. The molecule has 2 heterocycles. The highest BCUT2D eigenvalue weighted by molar-refractivity contribution is 5.68. The molecule has 1 amide bonds. The molecule has 7 heteroatoms. The van der Waals surface area contributed by atoms with E-state index in [1.807, 2.05) is 32.0 Å². The fourth-order valence-electron chi connectivity index (χ4n) is 3.13. The molecule has 1 aliphatic rings. The highest BCUT2D eigenvalue weighted by atomic mass is 16.6. The summed E-state index contributed by atoms with van der Waals surface area (Å²) in [6, 6.07) is 10.3. The molecule has 1 aromatic carbocycles. The minimum absolute atomic E-state index is 0.239.